The highest BCUT2D eigenvalue weighted by Gasteiger charge is 2.16. The van der Waals surface area contributed by atoms with Gasteiger partial charge in [-0.05, 0) is 31.4 Å². The Morgan fingerprint density at radius 2 is 2.20 bits per heavy atom. The molecular weight excluding hydrogens is 259 g/mol. The molecule has 5 nitrogen and oxygen atoms in total. The minimum Gasteiger partial charge on any atom is -0.483 e. The molecule has 20 heavy (non-hydrogen) atoms. The summed E-state index contributed by atoms with van der Waals surface area (Å²) in [5, 5.41) is 8.27. The Kier molecular flexibility index (Phi) is 3.30. The molecule has 1 aliphatic heterocycles. The lowest BCUT2D eigenvalue weighted by Gasteiger charge is -2.15. The fourth-order valence-corrected chi connectivity index (χ4v) is 2.40. The van der Waals surface area contributed by atoms with Gasteiger partial charge in [-0.1, -0.05) is 0 Å². The molecule has 0 atom stereocenters. The van der Waals surface area contributed by atoms with Gasteiger partial charge < -0.3 is 15.0 Å². The van der Waals surface area contributed by atoms with Crippen LogP contribution in [0.4, 0.5) is 10.1 Å². The van der Waals surface area contributed by atoms with Crippen LogP contribution < -0.4 is 10.5 Å². The molecule has 0 bridgehead atoms. The zero-order valence-corrected chi connectivity index (χ0v) is 11.4. The number of fused-ring (bicyclic) bond motifs is 1. The number of halogens is 1. The average molecular weight is 276 g/mol. The first-order chi connectivity index (χ1) is 9.65. The number of rotatable bonds is 3. The second kappa shape index (κ2) is 5.11. The predicted octanol–water partition coefficient (Wildman–Crippen LogP) is 2.22. The Labute approximate surface area is 116 Å². The van der Waals surface area contributed by atoms with E-state index in [0.717, 1.165) is 43.0 Å². The molecular formula is C14H17FN4O. The SMILES string of the molecule is Cc1cc(OCc2nnc3n2CCCC3)c(F)cc1N. The van der Waals surface area contributed by atoms with Crippen molar-refractivity contribution in [1.82, 2.24) is 14.8 Å². The Balaban J connectivity index is 1.77. The molecule has 0 unspecified atom stereocenters. The van der Waals surface area contributed by atoms with Crippen LogP contribution in [0.15, 0.2) is 12.1 Å². The van der Waals surface area contributed by atoms with Crippen molar-refractivity contribution in [2.75, 3.05) is 5.73 Å². The first kappa shape index (κ1) is 12.9. The second-order valence-corrected chi connectivity index (χ2v) is 5.07. The number of nitrogen functional groups attached to an aromatic ring is 1. The molecule has 1 aromatic heterocycles. The van der Waals surface area contributed by atoms with Gasteiger partial charge in [-0.2, -0.15) is 0 Å². The molecule has 106 valence electrons. The van der Waals surface area contributed by atoms with Gasteiger partial charge in [0.05, 0.1) is 0 Å². The lowest BCUT2D eigenvalue weighted by molar-refractivity contribution is 0.272. The monoisotopic (exact) mass is 276 g/mol. The molecule has 2 aromatic rings. The van der Waals surface area contributed by atoms with Crippen LogP contribution in [0.2, 0.25) is 0 Å². The zero-order valence-electron chi connectivity index (χ0n) is 11.4. The van der Waals surface area contributed by atoms with E-state index in [4.69, 9.17) is 10.5 Å². The summed E-state index contributed by atoms with van der Waals surface area (Å²) in [6, 6.07) is 2.89. The van der Waals surface area contributed by atoms with E-state index in [1.165, 1.54) is 6.07 Å². The van der Waals surface area contributed by atoms with E-state index in [1.807, 2.05) is 6.92 Å². The van der Waals surface area contributed by atoms with Gasteiger partial charge in [-0.15, -0.1) is 10.2 Å². The van der Waals surface area contributed by atoms with Crippen LogP contribution in [0.5, 0.6) is 5.75 Å². The molecule has 3 rings (SSSR count). The Morgan fingerprint density at radius 3 is 3.05 bits per heavy atom. The van der Waals surface area contributed by atoms with Gasteiger partial charge in [-0.3, -0.25) is 0 Å². The maximum Gasteiger partial charge on any atom is 0.171 e. The highest BCUT2D eigenvalue weighted by Crippen LogP contribution is 2.24. The third-order valence-electron chi connectivity index (χ3n) is 3.61. The van der Waals surface area contributed by atoms with Crippen LogP contribution >= 0.6 is 0 Å². The highest BCUT2D eigenvalue weighted by atomic mass is 19.1. The van der Waals surface area contributed by atoms with Crippen molar-refractivity contribution >= 4 is 5.69 Å². The molecule has 0 saturated heterocycles. The Morgan fingerprint density at radius 1 is 1.35 bits per heavy atom. The number of hydrogen-bond acceptors (Lipinski definition) is 4. The summed E-state index contributed by atoms with van der Waals surface area (Å²) in [6.07, 6.45) is 3.21. The maximum atomic E-state index is 13.8. The predicted molar refractivity (Wildman–Crippen MR) is 72.8 cm³/mol. The van der Waals surface area contributed by atoms with E-state index in [2.05, 4.69) is 14.8 Å². The van der Waals surface area contributed by atoms with Crippen LogP contribution in [-0.4, -0.2) is 14.8 Å². The molecule has 0 aliphatic carbocycles. The van der Waals surface area contributed by atoms with E-state index in [0.29, 0.717) is 5.69 Å². The number of ether oxygens (including phenoxy) is 1. The molecule has 6 heteroatoms. The van der Waals surface area contributed by atoms with Gasteiger partial charge in [0, 0.05) is 24.7 Å². The number of nitrogens with zero attached hydrogens (tertiary/aromatic N) is 3. The standard InChI is InChI=1S/C14H17FN4O/c1-9-6-12(10(15)7-11(9)16)20-8-14-18-17-13-4-2-3-5-19(13)14/h6-7H,2-5,8,16H2,1H3. The number of benzene rings is 1. The molecule has 2 heterocycles. The van der Waals surface area contributed by atoms with Crippen molar-refractivity contribution < 1.29 is 9.13 Å². The van der Waals surface area contributed by atoms with Crippen molar-refractivity contribution in [2.24, 2.45) is 0 Å². The third kappa shape index (κ3) is 2.33. The summed E-state index contributed by atoms with van der Waals surface area (Å²) in [4.78, 5) is 0. The number of aromatic nitrogens is 3. The van der Waals surface area contributed by atoms with Crippen LogP contribution in [-0.2, 0) is 19.6 Å². The number of nitrogens with two attached hydrogens (primary N) is 1. The van der Waals surface area contributed by atoms with Crippen molar-refractivity contribution in [2.45, 2.75) is 39.3 Å². The van der Waals surface area contributed by atoms with Gasteiger partial charge in [0.2, 0.25) is 0 Å². The van der Waals surface area contributed by atoms with Crippen molar-refractivity contribution in [3.63, 3.8) is 0 Å². The minimum absolute atomic E-state index is 0.199. The number of aryl methyl sites for hydroxylation is 2. The summed E-state index contributed by atoms with van der Waals surface area (Å²) in [6.45, 7) is 2.94. The summed E-state index contributed by atoms with van der Waals surface area (Å²) < 4.78 is 21.3. The molecule has 0 fully saturated rings. The fourth-order valence-electron chi connectivity index (χ4n) is 2.40. The largest absolute Gasteiger partial charge is 0.483 e. The average Bonchev–Trinajstić information content (AvgIpc) is 2.85. The van der Waals surface area contributed by atoms with Crippen molar-refractivity contribution in [1.29, 1.82) is 0 Å². The van der Waals surface area contributed by atoms with Gasteiger partial charge in [-0.25, -0.2) is 4.39 Å². The van der Waals surface area contributed by atoms with Crippen molar-refractivity contribution in [3.05, 3.63) is 35.2 Å². The number of anilines is 1. The summed E-state index contributed by atoms with van der Waals surface area (Å²) in [7, 11) is 0. The first-order valence-electron chi connectivity index (χ1n) is 6.74. The van der Waals surface area contributed by atoms with Gasteiger partial charge in [0.25, 0.3) is 0 Å². The van der Waals surface area contributed by atoms with E-state index in [9.17, 15) is 4.39 Å². The Hall–Kier alpha value is -2.11. The normalized spacial score (nSPS) is 14.1. The minimum atomic E-state index is -0.452. The van der Waals surface area contributed by atoms with E-state index >= 15 is 0 Å². The Bertz CT molecular complexity index is 638. The zero-order chi connectivity index (χ0) is 14.1. The first-order valence-corrected chi connectivity index (χ1v) is 6.74. The molecule has 0 radical (unpaired) electrons. The van der Waals surface area contributed by atoms with Gasteiger partial charge in [0.15, 0.2) is 17.4 Å². The smallest absolute Gasteiger partial charge is 0.171 e. The fraction of sp³-hybridized carbons (Fsp3) is 0.429. The van der Waals surface area contributed by atoms with Crippen molar-refractivity contribution in [3.8, 4) is 5.75 Å². The van der Waals surface area contributed by atoms with Gasteiger partial charge >= 0.3 is 0 Å². The summed E-state index contributed by atoms with van der Waals surface area (Å²) in [5.41, 5.74) is 6.87. The van der Waals surface area contributed by atoms with E-state index < -0.39 is 5.82 Å². The maximum absolute atomic E-state index is 13.8. The van der Waals surface area contributed by atoms with Crippen LogP contribution in [0.25, 0.3) is 0 Å². The lowest BCUT2D eigenvalue weighted by atomic mass is 10.2. The number of hydrogen-bond donors (Lipinski definition) is 1. The molecule has 0 saturated carbocycles. The van der Waals surface area contributed by atoms with Gasteiger partial charge in [0.1, 0.15) is 12.4 Å². The van der Waals surface area contributed by atoms with E-state index in [1.54, 1.807) is 6.07 Å². The quantitative estimate of drug-likeness (QED) is 0.873. The van der Waals surface area contributed by atoms with Crippen LogP contribution in [0.1, 0.15) is 30.1 Å². The summed E-state index contributed by atoms with van der Waals surface area (Å²) >= 11 is 0. The molecule has 1 aromatic carbocycles. The molecule has 2 N–H and O–H groups in total. The third-order valence-corrected chi connectivity index (χ3v) is 3.61. The second-order valence-electron chi connectivity index (χ2n) is 5.07. The highest BCUT2D eigenvalue weighted by molar-refractivity contribution is 5.50. The van der Waals surface area contributed by atoms with Crippen LogP contribution in [0.3, 0.4) is 0 Å². The summed E-state index contributed by atoms with van der Waals surface area (Å²) in [5.74, 6) is 1.48. The van der Waals surface area contributed by atoms with Crippen LogP contribution in [0, 0.1) is 12.7 Å². The van der Waals surface area contributed by atoms with E-state index in [-0.39, 0.29) is 12.4 Å². The molecule has 0 spiro atoms. The lowest BCUT2D eigenvalue weighted by Crippen LogP contribution is -2.14. The molecule has 1 aliphatic rings. The topological polar surface area (TPSA) is 66.0 Å². The molecule has 0 amide bonds.